The molecule has 4 rings (SSSR count). The Bertz CT molecular complexity index is 954. The van der Waals surface area contributed by atoms with Gasteiger partial charge in [0, 0.05) is 19.0 Å². The molecular formula is C21H21N3O3. The molecule has 1 fully saturated rings. The van der Waals surface area contributed by atoms with Crippen LogP contribution in [0.4, 0.5) is 0 Å². The minimum atomic E-state index is -0.490. The van der Waals surface area contributed by atoms with Crippen molar-refractivity contribution in [2.75, 3.05) is 20.2 Å². The van der Waals surface area contributed by atoms with Gasteiger partial charge >= 0.3 is 5.97 Å². The highest BCUT2D eigenvalue weighted by Gasteiger charge is 2.28. The number of aromatic amines is 1. The van der Waals surface area contributed by atoms with Crippen molar-refractivity contribution in [1.82, 2.24) is 14.9 Å². The minimum absolute atomic E-state index is 0.126. The second-order valence-electron chi connectivity index (χ2n) is 6.74. The second kappa shape index (κ2) is 7.23. The number of imidazole rings is 1. The molecule has 6 heteroatoms. The predicted molar refractivity (Wildman–Crippen MR) is 102 cm³/mol. The van der Waals surface area contributed by atoms with Gasteiger partial charge in [-0.15, -0.1) is 0 Å². The van der Waals surface area contributed by atoms with Crippen LogP contribution in [0.2, 0.25) is 0 Å². The largest absolute Gasteiger partial charge is 0.465 e. The van der Waals surface area contributed by atoms with Crippen molar-refractivity contribution < 1.29 is 14.3 Å². The molecule has 27 heavy (non-hydrogen) atoms. The van der Waals surface area contributed by atoms with Gasteiger partial charge in [-0.1, -0.05) is 24.3 Å². The topological polar surface area (TPSA) is 75.3 Å². The first-order chi connectivity index (χ1) is 13.2. The van der Waals surface area contributed by atoms with Crippen LogP contribution in [-0.2, 0) is 4.74 Å². The number of likely N-dealkylation sites (tertiary alicyclic amines) is 1. The Morgan fingerprint density at radius 2 is 1.70 bits per heavy atom. The summed E-state index contributed by atoms with van der Waals surface area (Å²) in [4.78, 5) is 34.8. The van der Waals surface area contributed by atoms with Gasteiger partial charge in [-0.2, -0.15) is 0 Å². The molecule has 3 aromatic rings. The molecule has 1 aliphatic rings. The van der Waals surface area contributed by atoms with Crippen molar-refractivity contribution in [2.45, 2.75) is 18.8 Å². The summed E-state index contributed by atoms with van der Waals surface area (Å²) >= 11 is 0. The first kappa shape index (κ1) is 17.3. The molecule has 0 saturated carbocycles. The van der Waals surface area contributed by atoms with Gasteiger partial charge in [0.2, 0.25) is 0 Å². The number of para-hydroxylation sites is 2. The lowest BCUT2D eigenvalue weighted by atomic mass is 9.95. The Hall–Kier alpha value is -3.15. The fourth-order valence-corrected chi connectivity index (χ4v) is 3.65. The summed E-state index contributed by atoms with van der Waals surface area (Å²) in [6.45, 7) is 1.27. The Kier molecular flexibility index (Phi) is 4.62. The van der Waals surface area contributed by atoms with E-state index in [9.17, 15) is 9.59 Å². The number of hydrogen-bond acceptors (Lipinski definition) is 4. The zero-order valence-corrected chi connectivity index (χ0v) is 15.1. The van der Waals surface area contributed by atoms with Gasteiger partial charge < -0.3 is 14.6 Å². The molecule has 1 N–H and O–H groups in total. The number of benzene rings is 2. The predicted octanol–water partition coefficient (Wildman–Crippen LogP) is 3.37. The molecule has 0 bridgehead atoms. The third kappa shape index (κ3) is 3.30. The minimum Gasteiger partial charge on any atom is -0.465 e. The van der Waals surface area contributed by atoms with E-state index in [1.807, 2.05) is 24.3 Å². The molecule has 1 saturated heterocycles. The Balaban J connectivity index is 1.48. The molecule has 138 valence electrons. The summed E-state index contributed by atoms with van der Waals surface area (Å²) in [5, 5.41) is 0. The maximum absolute atomic E-state index is 12.9. The van der Waals surface area contributed by atoms with Gasteiger partial charge in [-0.3, -0.25) is 4.79 Å². The Morgan fingerprint density at radius 1 is 1.04 bits per heavy atom. The van der Waals surface area contributed by atoms with E-state index in [4.69, 9.17) is 9.72 Å². The fraction of sp³-hybridized carbons (Fsp3) is 0.286. The average molecular weight is 363 g/mol. The number of methoxy groups -OCH3 is 1. The van der Waals surface area contributed by atoms with Gasteiger partial charge in [0.15, 0.2) is 0 Å². The van der Waals surface area contributed by atoms with Gasteiger partial charge in [-0.25, -0.2) is 9.78 Å². The van der Waals surface area contributed by atoms with E-state index in [-0.39, 0.29) is 5.91 Å². The molecule has 2 heterocycles. The van der Waals surface area contributed by atoms with Crippen LogP contribution in [0.3, 0.4) is 0 Å². The molecule has 0 unspecified atom stereocenters. The Morgan fingerprint density at radius 3 is 2.41 bits per heavy atom. The molecule has 0 spiro atoms. The third-order valence-corrected chi connectivity index (χ3v) is 5.14. The number of esters is 1. The lowest BCUT2D eigenvalue weighted by Gasteiger charge is -2.31. The van der Waals surface area contributed by atoms with Gasteiger partial charge in [0.25, 0.3) is 5.91 Å². The molecule has 0 atom stereocenters. The number of fused-ring (bicyclic) bond motifs is 1. The van der Waals surface area contributed by atoms with E-state index in [2.05, 4.69) is 4.98 Å². The summed E-state index contributed by atoms with van der Waals surface area (Å²) in [5.41, 5.74) is 2.71. The second-order valence-corrected chi connectivity index (χ2v) is 6.74. The van der Waals surface area contributed by atoms with Crippen molar-refractivity contribution in [1.29, 1.82) is 0 Å². The molecule has 0 aliphatic carbocycles. The fourth-order valence-electron chi connectivity index (χ4n) is 3.65. The maximum Gasteiger partial charge on any atom is 0.338 e. The lowest BCUT2D eigenvalue weighted by Crippen LogP contribution is -2.38. The summed E-state index contributed by atoms with van der Waals surface area (Å²) < 4.78 is 4.80. The summed E-state index contributed by atoms with van der Waals surface area (Å²) in [6, 6.07) is 14.8. The van der Waals surface area contributed by atoms with Gasteiger partial charge in [-0.05, 0) is 37.1 Å². The maximum atomic E-state index is 12.9. The van der Waals surface area contributed by atoms with Gasteiger partial charge in [0.1, 0.15) is 5.82 Å². The number of nitrogens with one attached hydrogen (secondary N) is 1. The highest BCUT2D eigenvalue weighted by atomic mass is 16.5. The number of ether oxygens (including phenoxy) is 1. The van der Waals surface area contributed by atoms with E-state index >= 15 is 0 Å². The molecule has 1 aliphatic heterocycles. The van der Waals surface area contributed by atoms with E-state index in [1.165, 1.54) is 7.11 Å². The summed E-state index contributed by atoms with van der Waals surface area (Å²) in [6.07, 6.45) is 1.68. The Labute approximate surface area is 157 Å². The van der Waals surface area contributed by atoms with Crippen LogP contribution in [0, 0.1) is 0 Å². The summed E-state index contributed by atoms with van der Waals surface area (Å²) in [5.74, 6) is 0.672. The number of H-pyrrole nitrogens is 1. The molecule has 2 aromatic carbocycles. The van der Waals surface area contributed by atoms with Crippen LogP contribution in [-0.4, -0.2) is 46.9 Å². The van der Waals surface area contributed by atoms with E-state index < -0.39 is 5.97 Å². The lowest BCUT2D eigenvalue weighted by molar-refractivity contribution is 0.0586. The number of carbonyl (C=O) groups is 2. The van der Waals surface area contributed by atoms with Crippen molar-refractivity contribution in [3.8, 4) is 0 Å². The number of rotatable bonds is 3. The quantitative estimate of drug-likeness (QED) is 0.724. The van der Waals surface area contributed by atoms with Crippen LogP contribution in [0.25, 0.3) is 11.0 Å². The van der Waals surface area contributed by atoms with E-state index in [1.54, 1.807) is 29.2 Å². The molecular weight excluding hydrogens is 342 g/mol. The van der Waals surface area contributed by atoms with Crippen molar-refractivity contribution in [3.63, 3.8) is 0 Å². The summed E-state index contributed by atoms with van der Waals surface area (Å²) in [7, 11) is 1.32. The molecule has 1 amide bonds. The highest BCUT2D eigenvalue weighted by Crippen LogP contribution is 2.28. The number of amides is 1. The first-order valence-corrected chi connectivity index (χ1v) is 9.08. The molecule has 1 aromatic heterocycles. The number of aromatic nitrogens is 2. The van der Waals surface area contributed by atoms with E-state index in [0.717, 1.165) is 29.7 Å². The smallest absolute Gasteiger partial charge is 0.338 e. The normalized spacial score (nSPS) is 15.1. The number of carbonyl (C=O) groups excluding carboxylic acids is 2. The SMILES string of the molecule is COC(=O)c1ccccc1C(=O)N1CCC(c2nc3ccccc3[nH]2)CC1. The zero-order valence-electron chi connectivity index (χ0n) is 15.1. The average Bonchev–Trinajstić information content (AvgIpc) is 3.17. The van der Waals surface area contributed by atoms with Crippen LogP contribution in [0.1, 0.15) is 45.3 Å². The van der Waals surface area contributed by atoms with Crippen LogP contribution in [0.5, 0.6) is 0 Å². The van der Waals surface area contributed by atoms with Crippen LogP contribution >= 0.6 is 0 Å². The zero-order chi connectivity index (χ0) is 18.8. The van der Waals surface area contributed by atoms with Crippen LogP contribution < -0.4 is 0 Å². The van der Waals surface area contributed by atoms with E-state index in [0.29, 0.717) is 30.1 Å². The molecule has 0 radical (unpaired) electrons. The number of nitrogens with zero attached hydrogens (tertiary/aromatic N) is 2. The molecule has 6 nitrogen and oxygen atoms in total. The van der Waals surface area contributed by atoms with Crippen molar-refractivity contribution in [2.24, 2.45) is 0 Å². The first-order valence-electron chi connectivity index (χ1n) is 9.08. The van der Waals surface area contributed by atoms with Crippen molar-refractivity contribution in [3.05, 3.63) is 65.5 Å². The number of piperidine rings is 1. The monoisotopic (exact) mass is 363 g/mol. The van der Waals surface area contributed by atoms with Crippen LogP contribution in [0.15, 0.2) is 48.5 Å². The highest BCUT2D eigenvalue weighted by molar-refractivity contribution is 6.05. The standard InChI is InChI=1S/C21H21N3O3/c1-27-21(26)16-7-3-2-6-15(16)20(25)24-12-10-14(11-13-24)19-22-17-8-4-5-9-18(17)23-19/h2-9,14H,10-13H2,1H3,(H,22,23). The van der Waals surface area contributed by atoms with Crippen molar-refractivity contribution >= 4 is 22.9 Å². The third-order valence-electron chi connectivity index (χ3n) is 5.14. The van der Waals surface area contributed by atoms with Gasteiger partial charge in [0.05, 0.1) is 29.3 Å². The number of hydrogen-bond donors (Lipinski definition) is 1.